The Kier molecular flexibility index (Phi) is 6.34. The van der Waals surface area contributed by atoms with Crippen molar-refractivity contribution in [2.45, 2.75) is 11.1 Å². The Labute approximate surface area is 172 Å². The number of halogens is 3. The van der Waals surface area contributed by atoms with Crippen molar-refractivity contribution in [2.75, 3.05) is 42.9 Å². The molecule has 162 valence electrons. The lowest BCUT2D eigenvalue weighted by Gasteiger charge is -2.33. The molecule has 2 aromatic carbocycles. The van der Waals surface area contributed by atoms with Crippen molar-refractivity contribution >= 4 is 27.3 Å². The van der Waals surface area contributed by atoms with Crippen LogP contribution in [0.4, 0.5) is 24.5 Å². The molecule has 0 aliphatic carbocycles. The minimum atomic E-state index is -4.38. The number of sulfonamides is 1. The zero-order valence-electron chi connectivity index (χ0n) is 15.9. The molecule has 30 heavy (non-hydrogen) atoms. The lowest BCUT2D eigenvalue weighted by Crippen LogP contribution is -3.15. The first-order valence-electron chi connectivity index (χ1n) is 9.21. The molecular formula is C19H22F3N4O3S+. The molecule has 4 N–H and O–H groups in total. The number of amides is 1. The number of quaternary nitrogens is 1. The summed E-state index contributed by atoms with van der Waals surface area (Å²) in [5.41, 5.74) is 0.292. The predicted octanol–water partition coefficient (Wildman–Crippen LogP) is 0.696. The van der Waals surface area contributed by atoms with Crippen LogP contribution in [0.5, 0.6) is 0 Å². The number of benzene rings is 2. The molecule has 0 saturated carbocycles. The fourth-order valence-corrected chi connectivity index (χ4v) is 3.81. The highest BCUT2D eigenvalue weighted by Gasteiger charge is 2.31. The van der Waals surface area contributed by atoms with Gasteiger partial charge in [-0.1, -0.05) is 6.07 Å². The standard InChI is InChI=1S/C19H21F3N4O3S/c20-19(21,22)14-2-1-3-16(12-14)26-10-8-25(9-11-26)13-18(27)24-15-4-6-17(7-5-15)30(23,28)29/h1-7,12H,8-11,13H2,(H,24,27)(H2,23,28,29)/p+1. The van der Waals surface area contributed by atoms with Gasteiger partial charge in [0.1, 0.15) is 0 Å². The minimum Gasteiger partial charge on any atom is -0.360 e. The summed E-state index contributed by atoms with van der Waals surface area (Å²) < 4.78 is 61.2. The van der Waals surface area contributed by atoms with E-state index in [9.17, 15) is 26.4 Å². The van der Waals surface area contributed by atoms with Crippen LogP contribution in [-0.4, -0.2) is 47.0 Å². The summed E-state index contributed by atoms with van der Waals surface area (Å²) in [5.74, 6) is -0.235. The van der Waals surface area contributed by atoms with E-state index in [0.29, 0.717) is 37.6 Å². The third-order valence-electron chi connectivity index (χ3n) is 4.89. The summed E-state index contributed by atoms with van der Waals surface area (Å²) in [6.45, 7) is 2.48. The largest absolute Gasteiger partial charge is 0.416 e. The topological polar surface area (TPSA) is 96.9 Å². The molecule has 1 amide bonds. The van der Waals surface area contributed by atoms with Gasteiger partial charge in [-0.2, -0.15) is 13.2 Å². The fraction of sp³-hybridized carbons (Fsp3) is 0.316. The number of rotatable bonds is 5. The fourth-order valence-electron chi connectivity index (χ4n) is 3.30. The molecule has 1 aliphatic heterocycles. The number of nitrogens with two attached hydrogens (primary N) is 1. The van der Waals surface area contributed by atoms with E-state index in [-0.39, 0.29) is 17.3 Å². The summed E-state index contributed by atoms with van der Waals surface area (Å²) in [6.07, 6.45) is -4.38. The van der Waals surface area contributed by atoms with E-state index in [1.54, 1.807) is 6.07 Å². The Morgan fingerprint density at radius 3 is 2.30 bits per heavy atom. The van der Waals surface area contributed by atoms with Gasteiger partial charge in [-0.05, 0) is 42.5 Å². The SMILES string of the molecule is NS(=O)(=O)c1ccc(NC(=O)C[NH+]2CCN(c3cccc(C(F)(F)F)c3)CC2)cc1. The maximum absolute atomic E-state index is 12.9. The van der Waals surface area contributed by atoms with E-state index in [0.717, 1.165) is 17.0 Å². The molecule has 2 aromatic rings. The van der Waals surface area contributed by atoms with Crippen molar-refractivity contribution < 1.29 is 31.3 Å². The third-order valence-corrected chi connectivity index (χ3v) is 5.82. The molecule has 0 aromatic heterocycles. The van der Waals surface area contributed by atoms with E-state index >= 15 is 0 Å². The number of nitrogens with zero attached hydrogens (tertiary/aromatic N) is 1. The predicted molar refractivity (Wildman–Crippen MR) is 106 cm³/mol. The van der Waals surface area contributed by atoms with Crippen molar-refractivity contribution in [3.05, 3.63) is 54.1 Å². The number of carbonyl (C=O) groups excluding carboxylic acids is 1. The van der Waals surface area contributed by atoms with Crippen LogP contribution in [0, 0.1) is 0 Å². The van der Waals surface area contributed by atoms with Crippen molar-refractivity contribution in [3.63, 3.8) is 0 Å². The second-order valence-electron chi connectivity index (χ2n) is 7.08. The number of hydrogen-bond acceptors (Lipinski definition) is 4. The Balaban J connectivity index is 1.51. The highest BCUT2D eigenvalue weighted by Crippen LogP contribution is 2.31. The average Bonchev–Trinajstić information content (AvgIpc) is 2.68. The second kappa shape index (κ2) is 8.62. The van der Waals surface area contributed by atoms with Crippen LogP contribution in [0.15, 0.2) is 53.4 Å². The number of hydrogen-bond donors (Lipinski definition) is 3. The van der Waals surface area contributed by atoms with Crippen LogP contribution < -0.4 is 20.3 Å². The zero-order chi connectivity index (χ0) is 21.9. The maximum atomic E-state index is 12.9. The van der Waals surface area contributed by atoms with E-state index in [4.69, 9.17) is 5.14 Å². The molecule has 1 fully saturated rings. The summed E-state index contributed by atoms with van der Waals surface area (Å²) >= 11 is 0. The monoisotopic (exact) mass is 443 g/mol. The number of anilines is 2. The van der Waals surface area contributed by atoms with E-state index in [2.05, 4.69) is 5.32 Å². The van der Waals surface area contributed by atoms with E-state index in [1.807, 2.05) is 4.90 Å². The van der Waals surface area contributed by atoms with E-state index < -0.39 is 21.8 Å². The van der Waals surface area contributed by atoms with Gasteiger partial charge in [-0.15, -0.1) is 0 Å². The van der Waals surface area contributed by atoms with Crippen LogP contribution in [0.1, 0.15) is 5.56 Å². The highest BCUT2D eigenvalue weighted by atomic mass is 32.2. The molecule has 7 nitrogen and oxygen atoms in total. The normalized spacial score (nSPS) is 15.8. The molecule has 11 heteroatoms. The summed E-state index contributed by atoms with van der Waals surface area (Å²) in [6, 6.07) is 10.8. The summed E-state index contributed by atoms with van der Waals surface area (Å²) in [4.78, 5) is 15.1. The molecule has 1 saturated heterocycles. The zero-order valence-corrected chi connectivity index (χ0v) is 16.8. The Morgan fingerprint density at radius 1 is 1.10 bits per heavy atom. The van der Waals surface area contributed by atoms with Gasteiger partial charge in [0.25, 0.3) is 5.91 Å². The number of carbonyl (C=O) groups is 1. The van der Waals surface area contributed by atoms with Gasteiger partial charge in [-0.25, -0.2) is 13.6 Å². The first-order chi connectivity index (χ1) is 14.0. The van der Waals surface area contributed by atoms with Gasteiger partial charge in [0.05, 0.1) is 36.6 Å². The third kappa shape index (κ3) is 5.71. The Bertz CT molecular complexity index is 1000. The smallest absolute Gasteiger partial charge is 0.360 e. The molecule has 0 bridgehead atoms. The van der Waals surface area contributed by atoms with Crippen molar-refractivity contribution in [1.82, 2.24) is 0 Å². The average molecular weight is 443 g/mol. The van der Waals surface area contributed by atoms with Crippen LogP contribution in [0.25, 0.3) is 0 Å². The second-order valence-corrected chi connectivity index (χ2v) is 8.64. The maximum Gasteiger partial charge on any atom is 0.416 e. The van der Waals surface area contributed by atoms with Crippen molar-refractivity contribution in [1.29, 1.82) is 0 Å². The van der Waals surface area contributed by atoms with Crippen LogP contribution in [0.3, 0.4) is 0 Å². The van der Waals surface area contributed by atoms with Crippen molar-refractivity contribution in [2.24, 2.45) is 5.14 Å². The van der Waals surface area contributed by atoms with Crippen LogP contribution in [0.2, 0.25) is 0 Å². The molecular weight excluding hydrogens is 421 g/mol. The van der Waals surface area contributed by atoms with Gasteiger partial charge in [-0.3, -0.25) is 4.79 Å². The molecule has 0 spiro atoms. The Hall–Kier alpha value is -2.63. The van der Waals surface area contributed by atoms with Crippen molar-refractivity contribution in [3.8, 4) is 0 Å². The summed E-state index contributed by atoms with van der Waals surface area (Å²) in [7, 11) is -3.79. The lowest BCUT2D eigenvalue weighted by atomic mass is 10.1. The number of primary sulfonamides is 1. The summed E-state index contributed by atoms with van der Waals surface area (Å²) in [5, 5.41) is 7.74. The van der Waals surface area contributed by atoms with Gasteiger partial charge in [0, 0.05) is 11.4 Å². The molecule has 0 radical (unpaired) electrons. The molecule has 1 heterocycles. The molecule has 0 atom stereocenters. The minimum absolute atomic E-state index is 0.0446. The lowest BCUT2D eigenvalue weighted by molar-refractivity contribution is -0.892. The van der Waals surface area contributed by atoms with Gasteiger partial charge in [0.15, 0.2) is 6.54 Å². The van der Waals surface area contributed by atoms with Gasteiger partial charge < -0.3 is 15.1 Å². The Morgan fingerprint density at radius 2 is 1.73 bits per heavy atom. The van der Waals surface area contributed by atoms with Gasteiger partial charge in [0.2, 0.25) is 10.0 Å². The number of nitrogens with one attached hydrogen (secondary N) is 2. The number of alkyl halides is 3. The molecule has 0 unspecified atom stereocenters. The van der Waals surface area contributed by atoms with Gasteiger partial charge >= 0.3 is 6.18 Å². The number of piperazine rings is 1. The highest BCUT2D eigenvalue weighted by molar-refractivity contribution is 7.89. The first-order valence-corrected chi connectivity index (χ1v) is 10.8. The van der Waals surface area contributed by atoms with Crippen LogP contribution >= 0.6 is 0 Å². The van der Waals surface area contributed by atoms with Crippen LogP contribution in [-0.2, 0) is 21.0 Å². The van der Waals surface area contributed by atoms with E-state index in [1.165, 1.54) is 30.3 Å². The molecule has 1 aliphatic rings. The quantitative estimate of drug-likeness (QED) is 0.634. The first kappa shape index (κ1) is 22.1. The molecule has 3 rings (SSSR count).